The number of allylic oxidation sites excluding steroid dienone is 8. The van der Waals surface area contributed by atoms with Crippen LogP contribution in [0.15, 0.2) is 291 Å². The molecule has 6 aliphatic carbocycles. The van der Waals surface area contributed by atoms with Crippen molar-refractivity contribution in [2.75, 3.05) is 0 Å². The normalized spacial score (nSPS) is 31.3. The van der Waals surface area contributed by atoms with Gasteiger partial charge >= 0.3 is 0 Å². The molecule has 0 nitrogen and oxygen atoms in total. The summed E-state index contributed by atoms with van der Waals surface area (Å²) >= 11 is 0. The monoisotopic (exact) mass is 920 g/mol. The molecule has 0 heteroatoms. The van der Waals surface area contributed by atoms with E-state index in [0.717, 1.165) is 0 Å². The minimum atomic E-state index is -0.421. The standard InChI is InChI=1S/C72H56/c1-9-25-57(26-10-1)41-49-65-66(50-42-58-27-11-2-12-28-58)69(53-45-61-33-17-5-18-34-61)67(65,51-43-59-29-13-3-14-30-59)71(55-47-63-37-21-7-22-38-63)68(65,52-44-60-31-15-4-16-32-60)70(66,54-46-62-35-19-6-20-36-62)72(69,71)56-48-64-39-23-8-24-40-64/h1-56H/b49-41+,50-42+,51-43+,52-44+,53-45+,54-46+,55-47+,56-48+. The Kier molecular flexibility index (Phi) is 10.1. The molecule has 6 fully saturated rings. The zero-order valence-electron chi connectivity index (χ0n) is 40.3. The fraction of sp³-hybridized carbons (Fsp3) is 0.111. The molecule has 0 heterocycles. The first-order chi connectivity index (χ1) is 35.6. The average molecular weight is 921 g/mol. The van der Waals surface area contributed by atoms with Crippen molar-refractivity contribution >= 4 is 48.6 Å². The molecule has 0 saturated heterocycles. The minimum absolute atomic E-state index is 0.421. The predicted octanol–water partition coefficient (Wildman–Crippen LogP) is 17.7. The van der Waals surface area contributed by atoms with Gasteiger partial charge in [0.2, 0.25) is 0 Å². The molecule has 6 saturated carbocycles. The van der Waals surface area contributed by atoms with Crippen molar-refractivity contribution in [3.8, 4) is 0 Å². The molecular formula is C72H56. The summed E-state index contributed by atoms with van der Waals surface area (Å²) in [5.74, 6) is 0. The summed E-state index contributed by atoms with van der Waals surface area (Å²) in [6.45, 7) is 0. The zero-order valence-corrected chi connectivity index (χ0v) is 40.3. The van der Waals surface area contributed by atoms with E-state index in [1.54, 1.807) is 0 Å². The van der Waals surface area contributed by atoms with Crippen LogP contribution in [0.4, 0.5) is 0 Å². The third kappa shape index (κ3) is 5.07. The van der Waals surface area contributed by atoms with Gasteiger partial charge in [-0.25, -0.2) is 0 Å². The van der Waals surface area contributed by atoms with Crippen LogP contribution < -0.4 is 0 Å². The van der Waals surface area contributed by atoms with Crippen molar-refractivity contribution < 1.29 is 0 Å². The Morgan fingerprint density at radius 3 is 0.333 bits per heavy atom. The van der Waals surface area contributed by atoms with Crippen molar-refractivity contribution in [1.82, 2.24) is 0 Å². The van der Waals surface area contributed by atoms with E-state index in [1.807, 2.05) is 0 Å². The van der Waals surface area contributed by atoms with Crippen molar-refractivity contribution in [2.24, 2.45) is 43.3 Å². The maximum atomic E-state index is 2.70. The van der Waals surface area contributed by atoms with Crippen molar-refractivity contribution in [2.45, 2.75) is 0 Å². The molecule has 8 aromatic carbocycles. The Balaban J connectivity index is 1.21. The van der Waals surface area contributed by atoms with Crippen LogP contribution in [-0.2, 0) is 0 Å². The zero-order chi connectivity index (χ0) is 48.2. The first kappa shape index (κ1) is 43.7. The topological polar surface area (TPSA) is 0 Å². The second-order valence-electron chi connectivity index (χ2n) is 20.4. The highest BCUT2D eigenvalue weighted by Gasteiger charge is 3.34. The number of rotatable bonds is 16. The van der Waals surface area contributed by atoms with E-state index in [4.69, 9.17) is 0 Å². The first-order valence-corrected chi connectivity index (χ1v) is 25.6. The van der Waals surface area contributed by atoms with Crippen molar-refractivity contribution in [3.63, 3.8) is 0 Å². The van der Waals surface area contributed by atoms with Gasteiger partial charge in [-0.1, -0.05) is 340 Å². The average Bonchev–Trinajstić information content (AvgIpc) is 3.50. The SMILES string of the molecule is C(=C\C12C3(/C=C/c4ccccc4)C4(/C=C/c5ccccc5)C1(/C=C/c1ccccc1)C1(/C=C/c5ccccc5)C2(/C=C/c2ccccc2)C3(/C=C/c2ccccc2)C41/C=C/c1ccccc1)/c1ccccc1. The smallest absolute Gasteiger partial charge is 0.0212 e. The van der Waals surface area contributed by atoms with Gasteiger partial charge in [0.15, 0.2) is 0 Å². The summed E-state index contributed by atoms with van der Waals surface area (Å²) in [5, 5.41) is 0. The maximum Gasteiger partial charge on any atom is 0.0212 e. The van der Waals surface area contributed by atoms with Crippen LogP contribution in [0.1, 0.15) is 44.5 Å². The highest BCUT2D eigenvalue weighted by Crippen LogP contribution is 3.35. The van der Waals surface area contributed by atoms with Crippen LogP contribution in [0, 0.1) is 43.3 Å². The summed E-state index contributed by atoms with van der Waals surface area (Å²) in [6.07, 6.45) is 41.3. The molecule has 0 unspecified atom stereocenters. The van der Waals surface area contributed by atoms with Gasteiger partial charge in [0, 0.05) is 43.3 Å². The molecule has 6 aliphatic rings. The minimum Gasteiger partial charge on any atom is -0.0749 e. The highest BCUT2D eigenvalue weighted by atomic mass is 15.3. The van der Waals surface area contributed by atoms with Gasteiger partial charge < -0.3 is 0 Å². The van der Waals surface area contributed by atoms with Gasteiger partial charge in [-0.05, 0) is 44.5 Å². The molecule has 0 aromatic heterocycles. The predicted molar refractivity (Wildman–Crippen MR) is 303 cm³/mol. The second-order valence-corrected chi connectivity index (χ2v) is 20.4. The van der Waals surface area contributed by atoms with E-state index >= 15 is 0 Å². The molecule has 14 rings (SSSR count). The fourth-order valence-electron chi connectivity index (χ4n) is 16.5. The summed E-state index contributed by atoms with van der Waals surface area (Å²) in [4.78, 5) is 0. The molecule has 0 N–H and O–H groups in total. The molecule has 344 valence electrons. The summed E-state index contributed by atoms with van der Waals surface area (Å²) < 4.78 is 0. The summed E-state index contributed by atoms with van der Waals surface area (Å²) in [5.41, 5.74) is 6.25. The Morgan fingerprint density at radius 2 is 0.236 bits per heavy atom. The molecule has 0 bridgehead atoms. The van der Waals surface area contributed by atoms with Gasteiger partial charge in [-0.3, -0.25) is 0 Å². The Labute approximate surface area is 425 Å². The number of hydrogen-bond acceptors (Lipinski definition) is 0. The number of hydrogen-bond donors (Lipinski definition) is 0. The van der Waals surface area contributed by atoms with Gasteiger partial charge in [0.05, 0.1) is 0 Å². The van der Waals surface area contributed by atoms with E-state index in [9.17, 15) is 0 Å². The lowest BCUT2D eigenvalue weighted by molar-refractivity contribution is -0.802. The summed E-state index contributed by atoms with van der Waals surface area (Å²) in [7, 11) is 0. The summed E-state index contributed by atoms with van der Waals surface area (Å²) in [6, 6.07) is 87.8. The molecule has 0 atom stereocenters. The van der Waals surface area contributed by atoms with Crippen LogP contribution in [-0.4, -0.2) is 0 Å². The molecule has 0 spiro atoms. The molecule has 0 radical (unpaired) electrons. The molecule has 8 aromatic rings. The molecule has 0 amide bonds. The van der Waals surface area contributed by atoms with Crippen LogP contribution in [0.3, 0.4) is 0 Å². The van der Waals surface area contributed by atoms with Crippen LogP contribution >= 0.6 is 0 Å². The number of benzene rings is 8. The van der Waals surface area contributed by atoms with Gasteiger partial charge in [-0.2, -0.15) is 0 Å². The van der Waals surface area contributed by atoms with E-state index in [2.05, 4.69) is 340 Å². The van der Waals surface area contributed by atoms with Gasteiger partial charge in [-0.15, -0.1) is 0 Å². The van der Waals surface area contributed by atoms with Crippen LogP contribution in [0.25, 0.3) is 48.6 Å². The van der Waals surface area contributed by atoms with Crippen molar-refractivity contribution in [1.29, 1.82) is 0 Å². The Bertz CT molecular complexity index is 2710. The Hall–Kier alpha value is -8.32. The van der Waals surface area contributed by atoms with E-state index in [0.29, 0.717) is 0 Å². The van der Waals surface area contributed by atoms with Crippen molar-refractivity contribution in [3.05, 3.63) is 336 Å². The quantitative estimate of drug-likeness (QED) is 0.0906. The van der Waals surface area contributed by atoms with E-state index in [-0.39, 0.29) is 0 Å². The van der Waals surface area contributed by atoms with Gasteiger partial charge in [0.25, 0.3) is 0 Å². The van der Waals surface area contributed by atoms with E-state index in [1.165, 1.54) is 44.5 Å². The second kappa shape index (κ2) is 16.6. The van der Waals surface area contributed by atoms with Crippen LogP contribution in [0.2, 0.25) is 0 Å². The lowest BCUT2D eigenvalue weighted by atomic mass is 8.70. The van der Waals surface area contributed by atoms with Crippen LogP contribution in [0.5, 0.6) is 0 Å². The highest BCUT2D eigenvalue weighted by molar-refractivity contribution is 5.97. The third-order valence-corrected chi connectivity index (χ3v) is 18.1. The fourth-order valence-corrected chi connectivity index (χ4v) is 16.5. The lowest BCUT2D eigenvalue weighted by Crippen LogP contribution is -3.30. The molecule has 0 aliphatic heterocycles. The first-order valence-electron chi connectivity index (χ1n) is 25.6. The van der Waals surface area contributed by atoms with E-state index < -0.39 is 43.3 Å². The lowest BCUT2D eigenvalue weighted by Gasteiger charge is -3.30. The van der Waals surface area contributed by atoms with Gasteiger partial charge in [0.1, 0.15) is 0 Å². The maximum absolute atomic E-state index is 2.70. The Morgan fingerprint density at radius 1 is 0.139 bits per heavy atom. The largest absolute Gasteiger partial charge is 0.0749 e. The third-order valence-electron chi connectivity index (χ3n) is 18.1. The molecule has 72 heavy (non-hydrogen) atoms. The molecular weight excluding hydrogens is 865 g/mol.